The Bertz CT molecular complexity index is 1290. The molecule has 2 aromatic carbocycles. The van der Waals surface area contributed by atoms with Crippen LogP contribution >= 0.6 is 0 Å². The maximum atomic E-state index is 13.6. The fourth-order valence-corrected chi connectivity index (χ4v) is 4.78. The number of hydrogen-bond donors (Lipinski definition) is 1. The first kappa shape index (κ1) is 20.7. The second-order valence-electron chi connectivity index (χ2n) is 8.22. The molecule has 2 heterocycles. The summed E-state index contributed by atoms with van der Waals surface area (Å²) in [6, 6.07) is 16.6. The lowest BCUT2D eigenvalue weighted by atomic mass is 9.79. The van der Waals surface area contributed by atoms with Gasteiger partial charge in [0.25, 0.3) is 5.69 Å². The lowest BCUT2D eigenvalue weighted by molar-refractivity contribution is -0.384. The number of furan rings is 1. The van der Waals surface area contributed by atoms with Crippen molar-refractivity contribution in [3.63, 3.8) is 0 Å². The number of carbonyl (C=O) groups excluding carboxylic acids is 2. The number of nitrogens with one attached hydrogen (secondary N) is 1. The molecule has 5 rings (SSSR count). The largest absolute Gasteiger partial charge is 0.467 e. The van der Waals surface area contributed by atoms with Crippen LogP contribution in [0, 0.1) is 10.1 Å². The third kappa shape index (κ3) is 3.59. The normalized spacial score (nSPS) is 19.9. The predicted octanol–water partition coefficient (Wildman–Crippen LogP) is 5.11. The van der Waals surface area contributed by atoms with E-state index in [1.807, 2.05) is 30.3 Å². The predicted molar refractivity (Wildman–Crippen MR) is 122 cm³/mol. The van der Waals surface area contributed by atoms with Crippen molar-refractivity contribution in [3.05, 3.63) is 99.6 Å². The second kappa shape index (κ2) is 8.05. The zero-order valence-corrected chi connectivity index (χ0v) is 17.9. The third-order valence-corrected chi connectivity index (χ3v) is 6.19. The Kier molecular flexibility index (Phi) is 5.05. The van der Waals surface area contributed by atoms with Gasteiger partial charge in [0.1, 0.15) is 11.8 Å². The molecule has 0 unspecified atom stereocenters. The molecule has 2 atom stereocenters. The van der Waals surface area contributed by atoms with Gasteiger partial charge in [-0.2, -0.15) is 0 Å². The van der Waals surface area contributed by atoms with Crippen molar-refractivity contribution >= 4 is 28.8 Å². The molecule has 0 spiro atoms. The van der Waals surface area contributed by atoms with E-state index in [4.69, 9.17) is 4.42 Å². The average molecular weight is 443 g/mol. The number of carbonyl (C=O) groups is 2. The van der Waals surface area contributed by atoms with Gasteiger partial charge >= 0.3 is 0 Å². The second-order valence-corrected chi connectivity index (χ2v) is 8.22. The molecule has 1 aliphatic heterocycles. The minimum atomic E-state index is -0.706. The molecule has 2 aliphatic rings. The van der Waals surface area contributed by atoms with Crippen LogP contribution in [0.2, 0.25) is 0 Å². The molecule has 1 N–H and O–H groups in total. The molecule has 166 valence electrons. The molecular formula is C25H21N3O5. The minimum absolute atomic E-state index is 0.00452. The Labute approximate surface area is 189 Å². The van der Waals surface area contributed by atoms with E-state index in [2.05, 4.69) is 5.32 Å². The van der Waals surface area contributed by atoms with Gasteiger partial charge in [-0.15, -0.1) is 0 Å². The standard InChI is InChI=1S/C25H21N3O5/c1-15(29)27-21-9-3-2-8-19(21)26-20-13-17(16-6-4-7-18(12-16)28(31)32)14-22(30)24(20)25(27)23-10-5-11-33-23/h2-12,17,25-26H,13-14H2,1H3/t17-,25+/m1/s1. The van der Waals surface area contributed by atoms with E-state index in [1.54, 1.807) is 23.1 Å². The molecular weight excluding hydrogens is 422 g/mol. The summed E-state index contributed by atoms with van der Waals surface area (Å²) in [6.45, 7) is 1.47. The number of ketones is 1. The number of amides is 1. The van der Waals surface area contributed by atoms with Gasteiger partial charge in [0.05, 0.1) is 22.6 Å². The van der Waals surface area contributed by atoms with Crippen molar-refractivity contribution in [2.75, 3.05) is 10.2 Å². The van der Waals surface area contributed by atoms with Crippen molar-refractivity contribution in [2.45, 2.75) is 31.7 Å². The van der Waals surface area contributed by atoms with Crippen LogP contribution in [-0.4, -0.2) is 16.6 Å². The van der Waals surface area contributed by atoms with Gasteiger partial charge in [-0.3, -0.25) is 24.6 Å². The van der Waals surface area contributed by atoms with E-state index in [0.29, 0.717) is 34.8 Å². The number of nitro groups is 1. The summed E-state index contributed by atoms with van der Waals surface area (Å²) in [6.07, 6.45) is 2.18. The van der Waals surface area contributed by atoms with Crippen LogP contribution in [0.15, 0.2) is 82.6 Å². The van der Waals surface area contributed by atoms with Crippen LogP contribution in [0.4, 0.5) is 17.1 Å². The van der Waals surface area contributed by atoms with Crippen LogP contribution in [0.25, 0.3) is 0 Å². The summed E-state index contributed by atoms with van der Waals surface area (Å²) in [7, 11) is 0. The molecule has 3 aromatic rings. The van der Waals surface area contributed by atoms with Gasteiger partial charge < -0.3 is 9.73 Å². The highest BCUT2D eigenvalue weighted by molar-refractivity contribution is 6.05. The molecule has 0 saturated carbocycles. The topological polar surface area (TPSA) is 106 Å². The van der Waals surface area contributed by atoms with E-state index in [9.17, 15) is 19.7 Å². The summed E-state index contributed by atoms with van der Waals surface area (Å²) in [5.41, 5.74) is 3.28. The van der Waals surface area contributed by atoms with Crippen molar-refractivity contribution in [1.82, 2.24) is 0 Å². The van der Waals surface area contributed by atoms with Gasteiger partial charge in [-0.05, 0) is 42.2 Å². The fourth-order valence-electron chi connectivity index (χ4n) is 4.78. The monoisotopic (exact) mass is 443 g/mol. The van der Waals surface area contributed by atoms with Gasteiger partial charge in [-0.25, -0.2) is 0 Å². The number of rotatable bonds is 3. The number of para-hydroxylation sites is 2. The summed E-state index contributed by atoms with van der Waals surface area (Å²) in [5, 5.41) is 14.6. The smallest absolute Gasteiger partial charge is 0.269 e. The Balaban J connectivity index is 1.66. The van der Waals surface area contributed by atoms with Crippen LogP contribution < -0.4 is 10.2 Å². The number of allylic oxidation sites excluding steroid dienone is 1. The molecule has 8 nitrogen and oxygen atoms in total. The van der Waals surface area contributed by atoms with Crippen LogP contribution in [0.3, 0.4) is 0 Å². The maximum absolute atomic E-state index is 13.6. The molecule has 1 aliphatic carbocycles. The minimum Gasteiger partial charge on any atom is -0.467 e. The van der Waals surface area contributed by atoms with Crippen molar-refractivity contribution in [3.8, 4) is 0 Å². The number of hydrogen-bond acceptors (Lipinski definition) is 6. The molecule has 0 radical (unpaired) electrons. The number of fused-ring (bicyclic) bond motifs is 1. The first-order valence-corrected chi connectivity index (χ1v) is 10.6. The van der Waals surface area contributed by atoms with E-state index in [-0.39, 0.29) is 29.7 Å². The van der Waals surface area contributed by atoms with Crippen molar-refractivity contribution < 1.29 is 18.9 Å². The Hall–Kier alpha value is -4.20. The highest BCUT2D eigenvalue weighted by atomic mass is 16.6. The van der Waals surface area contributed by atoms with Gasteiger partial charge in [0.2, 0.25) is 5.91 Å². The first-order chi connectivity index (χ1) is 15.9. The molecule has 33 heavy (non-hydrogen) atoms. The fraction of sp³-hybridized carbons (Fsp3) is 0.200. The van der Waals surface area contributed by atoms with E-state index < -0.39 is 11.0 Å². The van der Waals surface area contributed by atoms with Gasteiger partial charge in [0, 0.05) is 36.7 Å². The molecule has 0 bridgehead atoms. The molecule has 0 fully saturated rings. The quantitative estimate of drug-likeness (QED) is 0.445. The number of non-ortho nitro benzene ring substituents is 1. The van der Waals surface area contributed by atoms with Gasteiger partial charge in [-0.1, -0.05) is 24.3 Å². The van der Waals surface area contributed by atoms with Crippen LogP contribution in [0.1, 0.15) is 43.0 Å². The van der Waals surface area contributed by atoms with E-state index in [1.165, 1.54) is 25.3 Å². The van der Waals surface area contributed by atoms with Crippen LogP contribution in [-0.2, 0) is 9.59 Å². The van der Waals surface area contributed by atoms with Gasteiger partial charge in [0.15, 0.2) is 5.78 Å². The lowest BCUT2D eigenvalue weighted by Crippen LogP contribution is -2.37. The number of Topliss-reactive ketones (excluding diaryl/α,β-unsaturated/α-hetero) is 1. The van der Waals surface area contributed by atoms with Crippen molar-refractivity contribution in [1.29, 1.82) is 0 Å². The highest BCUT2D eigenvalue weighted by Crippen LogP contribution is 2.47. The summed E-state index contributed by atoms with van der Waals surface area (Å²) in [5.74, 6) is -0.0657. The maximum Gasteiger partial charge on any atom is 0.269 e. The molecule has 1 amide bonds. The zero-order valence-electron chi connectivity index (χ0n) is 17.9. The lowest BCUT2D eigenvalue weighted by Gasteiger charge is -2.33. The zero-order chi connectivity index (χ0) is 23.1. The summed E-state index contributed by atoms with van der Waals surface area (Å²) >= 11 is 0. The summed E-state index contributed by atoms with van der Waals surface area (Å²) < 4.78 is 5.69. The number of nitrogens with zero attached hydrogens (tertiary/aromatic N) is 2. The van der Waals surface area contributed by atoms with Crippen molar-refractivity contribution in [2.24, 2.45) is 0 Å². The van der Waals surface area contributed by atoms with Crippen LogP contribution in [0.5, 0.6) is 0 Å². The first-order valence-electron chi connectivity index (χ1n) is 10.6. The highest BCUT2D eigenvalue weighted by Gasteiger charge is 2.42. The van der Waals surface area contributed by atoms with E-state index >= 15 is 0 Å². The Morgan fingerprint density at radius 1 is 1.12 bits per heavy atom. The number of nitro benzene ring substituents is 1. The molecule has 8 heteroatoms. The molecule has 1 aromatic heterocycles. The Morgan fingerprint density at radius 2 is 1.94 bits per heavy atom. The van der Waals surface area contributed by atoms with E-state index in [0.717, 1.165) is 5.56 Å². The SMILES string of the molecule is CC(=O)N1c2ccccc2NC2=C(C(=O)C[C@H](c3cccc([N+](=O)[O-])c3)C2)[C@@H]1c1ccco1. The average Bonchev–Trinajstić information content (AvgIpc) is 3.28. The number of benzene rings is 2. The third-order valence-electron chi connectivity index (χ3n) is 6.19. The Morgan fingerprint density at radius 3 is 2.67 bits per heavy atom. The molecule has 0 saturated heterocycles. The number of anilines is 2. The summed E-state index contributed by atoms with van der Waals surface area (Å²) in [4.78, 5) is 38.9.